The van der Waals surface area contributed by atoms with E-state index in [1.807, 2.05) is 0 Å². The molecule has 0 unspecified atom stereocenters. The van der Waals surface area contributed by atoms with Crippen LogP contribution in [0.5, 0.6) is 0 Å². The van der Waals surface area contributed by atoms with Crippen LogP contribution >= 0.6 is 0 Å². The van der Waals surface area contributed by atoms with Gasteiger partial charge in [-0.3, -0.25) is 9.59 Å². The molecule has 0 radical (unpaired) electrons. The summed E-state index contributed by atoms with van der Waals surface area (Å²) in [5.41, 5.74) is 0. The normalized spacial score (nSPS) is 55.7. The molecule has 6 atom stereocenters. The summed E-state index contributed by atoms with van der Waals surface area (Å²) in [7, 11) is 0. The van der Waals surface area contributed by atoms with Gasteiger partial charge < -0.3 is 9.47 Å². The second-order valence-corrected chi connectivity index (χ2v) is 5.12. The van der Waals surface area contributed by atoms with E-state index in [1.54, 1.807) is 0 Å². The van der Waals surface area contributed by atoms with E-state index in [4.69, 9.17) is 9.47 Å². The number of fused-ring (bicyclic) bond motifs is 2. The molecule has 0 amide bonds. The van der Waals surface area contributed by atoms with Crippen LogP contribution in [0.1, 0.15) is 19.3 Å². The maximum Gasteiger partial charge on any atom is 0.317 e. The lowest BCUT2D eigenvalue weighted by molar-refractivity contribution is -0.154. The van der Waals surface area contributed by atoms with Crippen molar-refractivity contribution >= 4 is 11.9 Å². The molecule has 2 bridgehead atoms. The van der Waals surface area contributed by atoms with E-state index in [-0.39, 0.29) is 47.8 Å². The fourth-order valence-corrected chi connectivity index (χ4v) is 3.92. The second-order valence-electron chi connectivity index (χ2n) is 5.12. The molecule has 5 rings (SSSR count). The molecule has 4 nitrogen and oxygen atoms in total. The highest BCUT2D eigenvalue weighted by atomic mass is 16.6. The van der Waals surface area contributed by atoms with Crippen molar-refractivity contribution in [2.24, 2.45) is 23.7 Å². The number of hydrogen-bond donors (Lipinski definition) is 0. The molecule has 5 aliphatic rings. The summed E-state index contributed by atoms with van der Waals surface area (Å²) in [6.45, 7) is 0. The van der Waals surface area contributed by atoms with E-state index in [9.17, 15) is 9.59 Å². The number of carbonyl (C=O) groups excluding carboxylic acids is 2. The quantitative estimate of drug-likeness (QED) is 0.330. The number of ether oxygens (including phenoxy) is 2. The SMILES string of the molecule is O=C1OC(=O)[C@H]2[C@H]3CCC[C@@H]([C@@H]4O[C@@H]34)[C@@H]12. The van der Waals surface area contributed by atoms with Crippen LogP contribution in [0, 0.1) is 23.7 Å². The summed E-state index contributed by atoms with van der Waals surface area (Å²) >= 11 is 0. The summed E-state index contributed by atoms with van der Waals surface area (Å²) in [4.78, 5) is 23.3. The minimum absolute atomic E-state index is 0.186. The first kappa shape index (κ1) is 8.28. The van der Waals surface area contributed by atoms with Gasteiger partial charge in [-0.2, -0.15) is 0 Å². The van der Waals surface area contributed by atoms with Crippen LogP contribution in [-0.4, -0.2) is 24.1 Å². The van der Waals surface area contributed by atoms with E-state index < -0.39 is 0 Å². The highest BCUT2D eigenvalue weighted by Crippen LogP contribution is 2.58. The third-order valence-corrected chi connectivity index (χ3v) is 4.54. The van der Waals surface area contributed by atoms with Crippen LogP contribution < -0.4 is 0 Å². The molecule has 0 spiro atoms. The Morgan fingerprint density at radius 3 is 2.00 bits per heavy atom. The average molecular weight is 208 g/mol. The number of rotatable bonds is 0. The Balaban J connectivity index is 1.83. The lowest BCUT2D eigenvalue weighted by Crippen LogP contribution is -2.39. The monoisotopic (exact) mass is 208 g/mol. The van der Waals surface area contributed by atoms with Crippen molar-refractivity contribution in [2.75, 3.05) is 0 Å². The minimum atomic E-state index is -0.296. The zero-order chi connectivity index (χ0) is 10.2. The molecular weight excluding hydrogens is 196 g/mol. The lowest BCUT2D eigenvalue weighted by Gasteiger charge is -2.27. The third kappa shape index (κ3) is 0.869. The van der Waals surface area contributed by atoms with Crippen molar-refractivity contribution in [2.45, 2.75) is 31.5 Å². The molecule has 0 aromatic carbocycles. The van der Waals surface area contributed by atoms with Crippen molar-refractivity contribution < 1.29 is 19.1 Å². The zero-order valence-electron chi connectivity index (χ0n) is 8.22. The highest BCUT2D eigenvalue weighted by molar-refractivity contribution is 5.97. The zero-order valence-corrected chi connectivity index (χ0v) is 8.22. The molecule has 0 aromatic rings. The van der Waals surface area contributed by atoms with Crippen LogP contribution in [-0.2, 0) is 19.1 Å². The topological polar surface area (TPSA) is 55.9 Å². The maximum atomic E-state index is 11.6. The number of epoxide rings is 1. The van der Waals surface area contributed by atoms with Crippen molar-refractivity contribution in [1.82, 2.24) is 0 Å². The largest absolute Gasteiger partial charge is 0.393 e. The van der Waals surface area contributed by atoms with Crippen LogP contribution in [0.25, 0.3) is 0 Å². The molecule has 2 aliphatic heterocycles. The van der Waals surface area contributed by atoms with Crippen LogP contribution in [0.2, 0.25) is 0 Å². The van der Waals surface area contributed by atoms with Gasteiger partial charge in [0.25, 0.3) is 0 Å². The smallest absolute Gasteiger partial charge is 0.317 e. The van der Waals surface area contributed by atoms with Gasteiger partial charge in [0.2, 0.25) is 0 Å². The maximum absolute atomic E-state index is 11.6. The summed E-state index contributed by atoms with van der Waals surface area (Å²) in [5, 5.41) is 0. The first-order chi connectivity index (χ1) is 7.27. The van der Waals surface area contributed by atoms with Gasteiger partial charge in [-0.1, -0.05) is 6.42 Å². The van der Waals surface area contributed by atoms with E-state index in [0.717, 1.165) is 19.3 Å². The predicted molar refractivity (Wildman–Crippen MR) is 47.6 cm³/mol. The first-order valence-electron chi connectivity index (χ1n) is 5.68. The van der Waals surface area contributed by atoms with E-state index in [2.05, 4.69) is 0 Å². The van der Waals surface area contributed by atoms with Crippen molar-refractivity contribution in [3.05, 3.63) is 0 Å². The van der Waals surface area contributed by atoms with Gasteiger partial charge in [-0.05, 0) is 12.8 Å². The van der Waals surface area contributed by atoms with Crippen LogP contribution in [0.4, 0.5) is 0 Å². The Morgan fingerprint density at radius 2 is 1.47 bits per heavy atom. The van der Waals surface area contributed by atoms with Crippen molar-refractivity contribution in [3.63, 3.8) is 0 Å². The highest BCUT2D eigenvalue weighted by Gasteiger charge is 2.68. The fourth-order valence-electron chi connectivity index (χ4n) is 3.92. The summed E-state index contributed by atoms with van der Waals surface area (Å²) in [6, 6.07) is 0. The molecule has 0 aromatic heterocycles. The Hall–Kier alpha value is -0.900. The Kier molecular flexibility index (Phi) is 1.34. The minimum Gasteiger partial charge on any atom is -0.393 e. The number of carbonyl (C=O) groups is 2. The van der Waals surface area contributed by atoms with Crippen LogP contribution in [0.3, 0.4) is 0 Å². The molecular formula is C11H12O4. The Morgan fingerprint density at radius 1 is 0.933 bits per heavy atom. The molecule has 80 valence electrons. The van der Waals surface area contributed by atoms with Gasteiger partial charge in [0.05, 0.1) is 24.0 Å². The second kappa shape index (κ2) is 2.43. The van der Waals surface area contributed by atoms with Gasteiger partial charge in [0.15, 0.2) is 0 Å². The third-order valence-electron chi connectivity index (χ3n) is 4.54. The van der Waals surface area contributed by atoms with E-state index >= 15 is 0 Å². The molecule has 3 saturated carbocycles. The average Bonchev–Trinajstić information content (AvgIpc) is 2.96. The van der Waals surface area contributed by atoms with Gasteiger partial charge >= 0.3 is 11.9 Å². The Bertz CT molecular complexity index is 332. The van der Waals surface area contributed by atoms with Crippen molar-refractivity contribution in [1.29, 1.82) is 0 Å². The lowest BCUT2D eigenvalue weighted by atomic mass is 9.69. The molecule has 2 saturated heterocycles. The molecule has 15 heavy (non-hydrogen) atoms. The number of esters is 2. The van der Waals surface area contributed by atoms with E-state index in [1.165, 1.54) is 0 Å². The molecule has 3 aliphatic carbocycles. The Labute approximate surface area is 86.9 Å². The number of hydrogen-bond acceptors (Lipinski definition) is 4. The molecule has 4 heteroatoms. The molecule has 2 heterocycles. The standard InChI is InChI=1S/C11H12O4/c12-10-6-4-2-1-3-5(9-8(4)14-9)7(6)11(13)15-10/h4-9H,1-3H2/t4-,5-,6-,7+,8+,9+/m1/s1. The predicted octanol–water partition coefficient (Wildman–Crippen LogP) is 0.499. The van der Waals surface area contributed by atoms with Crippen molar-refractivity contribution in [3.8, 4) is 0 Å². The first-order valence-corrected chi connectivity index (χ1v) is 5.68. The summed E-state index contributed by atoms with van der Waals surface area (Å²) < 4.78 is 10.4. The van der Waals surface area contributed by atoms with E-state index in [0.29, 0.717) is 0 Å². The molecule has 5 fully saturated rings. The van der Waals surface area contributed by atoms with Gasteiger partial charge in [-0.15, -0.1) is 0 Å². The van der Waals surface area contributed by atoms with Crippen LogP contribution in [0.15, 0.2) is 0 Å². The van der Waals surface area contributed by atoms with Gasteiger partial charge in [0, 0.05) is 11.8 Å². The molecule has 0 N–H and O–H groups in total. The summed E-state index contributed by atoms with van der Waals surface area (Å²) in [6.07, 6.45) is 3.65. The number of cyclic esters (lactones) is 2. The van der Waals surface area contributed by atoms with Gasteiger partial charge in [0.1, 0.15) is 0 Å². The summed E-state index contributed by atoms with van der Waals surface area (Å²) in [5.74, 6) is -0.468. The van der Waals surface area contributed by atoms with Gasteiger partial charge in [-0.25, -0.2) is 0 Å². The fraction of sp³-hybridized carbons (Fsp3) is 0.818.